The Hall–Kier alpha value is -3.92. The lowest BCUT2D eigenvalue weighted by atomic mass is 10.0. The van der Waals surface area contributed by atoms with Crippen LogP contribution in [-0.2, 0) is 12.4 Å². The molecule has 2 heterocycles. The van der Waals surface area contributed by atoms with Gasteiger partial charge in [-0.15, -0.1) is 13.2 Å². The molecular formula is C18H11F9N6O2. The van der Waals surface area contributed by atoms with Crippen LogP contribution in [0.5, 0.6) is 5.75 Å². The summed E-state index contributed by atoms with van der Waals surface area (Å²) >= 11 is 0. The molecule has 1 atom stereocenters. The number of aromatic nitrogens is 5. The van der Waals surface area contributed by atoms with Crippen molar-refractivity contribution in [3.05, 3.63) is 59.4 Å². The Morgan fingerprint density at radius 1 is 0.914 bits per heavy atom. The molecule has 8 nitrogen and oxygen atoms in total. The van der Waals surface area contributed by atoms with Gasteiger partial charge in [-0.2, -0.15) is 36.1 Å². The summed E-state index contributed by atoms with van der Waals surface area (Å²) in [5.74, 6) is -2.48. The van der Waals surface area contributed by atoms with E-state index in [-0.39, 0.29) is 30.0 Å². The van der Waals surface area contributed by atoms with Crippen molar-refractivity contribution in [1.82, 2.24) is 30.0 Å². The standard InChI is InChI=1S/C18H11F9N6O2/c1-8(13-30-7-31-33(13)15-28-5-12(6-29-15)35-18(25,26)27)32-14(34)9-2-10(16(19,20)21)4-11(3-9)17(22,23)24/h2-8H,1H3,(H,32,34). The SMILES string of the molecule is CC(NC(=O)c1cc(C(F)(F)F)cc(C(F)(F)F)c1)c1ncnn1-c1ncc(OC(F)(F)F)cn1. The Labute approximate surface area is 188 Å². The largest absolute Gasteiger partial charge is 0.573 e. The zero-order chi connectivity index (χ0) is 26.2. The maximum atomic E-state index is 13.0. The van der Waals surface area contributed by atoms with Crippen LogP contribution in [0.4, 0.5) is 39.5 Å². The van der Waals surface area contributed by atoms with Crippen LogP contribution in [-0.4, -0.2) is 37.0 Å². The highest BCUT2D eigenvalue weighted by Crippen LogP contribution is 2.36. The number of nitrogens with zero attached hydrogens (tertiary/aromatic N) is 5. The molecular weight excluding hydrogens is 503 g/mol. The van der Waals surface area contributed by atoms with Gasteiger partial charge in [0, 0.05) is 5.56 Å². The van der Waals surface area contributed by atoms with Crippen LogP contribution in [0.25, 0.3) is 5.95 Å². The molecule has 0 saturated carbocycles. The van der Waals surface area contributed by atoms with E-state index < -0.39 is 53.1 Å². The Kier molecular flexibility index (Phi) is 6.63. The van der Waals surface area contributed by atoms with Crippen LogP contribution in [0.2, 0.25) is 0 Å². The van der Waals surface area contributed by atoms with E-state index in [2.05, 4.69) is 30.1 Å². The second-order valence-corrected chi connectivity index (χ2v) is 6.79. The quantitative estimate of drug-likeness (QED) is 0.505. The van der Waals surface area contributed by atoms with E-state index in [1.165, 1.54) is 6.92 Å². The lowest BCUT2D eigenvalue weighted by Crippen LogP contribution is -2.29. The van der Waals surface area contributed by atoms with Crippen LogP contribution in [0, 0.1) is 0 Å². The summed E-state index contributed by atoms with van der Waals surface area (Å²) in [6.45, 7) is 1.28. The van der Waals surface area contributed by atoms with Gasteiger partial charge in [0.15, 0.2) is 11.6 Å². The number of hydrogen-bond acceptors (Lipinski definition) is 6. The van der Waals surface area contributed by atoms with Gasteiger partial charge in [-0.1, -0.05) is 0 Å². The number of ether oxygens (including phenoxy) is 1. The number of carbonyl (C=O) groups excluding carboxylic acids is 1. The highest BCUT2D eigenvalue weighted by Gasteiger charge is 2.37. The summed E-state index contributed by atoms with van der Waals surface area (Å²) in [5.41, 5.74) is -4.28. The van der Waals surface area contributed by atoms with Crippen LogP contribution in [0.1, 0.15) is 40.3 Å². The monoisotopic (exact) mass is 514 g/mol. The second-order valence-electron chi connectivity index (χ2n) is 6.79. The zero-order valence-corrected chi connectivity index (χ0v) is 17.0. The van der Waals surface area contributed by atoms with Crippen molar-refractivity contribution in [2.45, 2.75) is 31.7 Å². The van der Waals surface area contributed by atoms with E-state index in [0.29, 0.717) is 12.4 Å². The van der Waals surface area contributed by atoms with Crippen LogP contribution in [0.15, 0.2) is 36.9 Å². The van der Waals surface area contributed by atoms with E-state index in [1.807, 2.05) is 0 Å². The van der Waals surface area contributed by atoms with E-state index in [0.717, 1.165) is 11.0 Å². The van der Waals surface area contributed by atoms with Gasteiger partial charge in [-0.05, 0) is 25.1 Å². The molecule has 188 valence electrons. The summed E-state index contributed by atoms with van der Waals surface area (Å²) in [7, 11) is 0. The minimum atomic E-state index is -5.15. The zero-order valence-electron chi connectivity index (χ0n) is 17.0. The Balaban J connectivity index is 1.85. The lowest BCUT2D eigenvalue weighted by Gasteiger charge is -2.17. The number of rotatable bonds is 5. The smallest absolute Gasteiger partial charge is 0.402 e. The molecule has 0 spiro atoms. The van der Waals surface area contributed by atoms with Gasteiger partial charge in [0.25, 0.3) is 11.9 Å². The normalized spacial score (nSPS) is 13.4. The predicted octanol–water partition coefficient (Wildman–Crippen LogP) is 4.48. The Morgan fingerprint density at radius 3 is 1.94 bits per heavy atom. The molecule has 0 fully saturated rings. The van der Waals surface area contributed by atoms with E-state index in [1.54, 1.807) is 0 Å². The topological polar surface area (TPSA) is 94.8 Å². The fraction of sp³-hybridized carbons (Fsp3) is 0.278. The van der Waals surface area contributed by atoms with Crippen molar-refractivity contribution in [2.75, 3.05) is 0 Å². The lowest BCUT2D eigenvalue weighted by molar-refractivity contribution is -0.274. The molecule has 1 amide bonds. The maximum Gasteiger partial charge on any atom is 0.573 e. The molecule has 17 heteroatoms. The molecule has 3 rings (SSSR count). The molecule has 0 aliphatic heterocycles. The first-order chi connectivity index (χ1) is 16.0. The van der Waals surface area contributed by atoms with Gasteiger partial charge < -0.3 is 10.1 Å². The number of hydrogen-bond donors (Lipinski definition) is 1. The van der Waals surface area contributed by atoms with Crippen LogP contribution >= 0.6 is 0 Å². The van der Waals surface area contributed by atoms with Gasteiger partial charge in [0.05, 0.1) is 29.6 Å². The summed E-state index contributed by atoms with van der Waals surface area (Å²) in [5, 5.41) is 5.94. The molecule has 2 aromatic heterocycles. The first kappa shape index (κ1) is 25.7. The minimum Gasteiger partial charge on any atom is -0.402 e. The third-order valence-corrected chi connectivity index (χ3v) is 4.20. The number of alkyl halides is 9. The van der Waals surface area contributed by atoms with Crippen molar-refractivity contribution in [3.63, 3.8) is 0 Å². The molecule has 35 heavy (non-hydrogen) atoms. The van der Waals surface area contributed by atoms with Crippen molar-refractivity contribution in [3.8, 4) is 11.7 Å². The maximum absolute atomic E-state index is 13.0. The fourth-order valence-corrected chi connectivity index (χ4v) is 2.74. The average Bonchev–Trinajstić information content (AvgIpc) is 3.21. The molecule has 0 saturated heterocycles. The molecule has 1 unspecified atom stereocenters. The highest BCUT2D eigenvalue weighted by molar-refractivity contribution is 5.94. The van der Waals surface area contributed by atoms with Gasteiger partial charge in [0.2, 0.25) is 0 Å². The molecule has 0 aliphatic rings. The summed E-state index contributed by atoms with van der Waals surface area (Å²) in [4.78, 5) is 23.5. The molecule has 0 bridgehead atoms. The number of benzene rings is 1. The summed E-state index contributed by atoms with van der Waals surface area (Å²) in [6.07, 6.45) is -13.0. The third-order valence-electron chi connectivity index (χ3n) is 4.20. The number of carbonyl (C=O) groups is 1. The van der Waals surface area contributed by atoms with Gasteiger partial charge in [-0.3, -0.25) is 4.79 Å². The van der Waals surface area contributed by atoms with Gasteiger partial charge in [-0.25, -0.2) is 15.0 Å². The van der Waals surface area contributed by atoms with Gasteiger partial charge in [0.1, 0.15) is 6.33 Å². The Morgan fingerprint density at radius 2 is 1.46 bits per heavy atom. The fourth-order valence-electron chi connectivity index (χ4n) is 2.74. The van der Waals surface area contributed by atoms with Gasteiger partial charge >= 0.3 is 18.7 Å². The van der Waals surface area contributed by atoms with E-state index >= 15 is 0 Å². The molecule has 1 aromatic carbocycles. The highest BCUT2D eigenvalue weighted by atomic mass is 19.4. The second kappa shape index (κ2) is 9.03. The summed E-state index contributed by atoms with van der Waals surface area (Å²) in [6, 6.07) is -0.779. The number of halogens is 9. The third kappa shape index (κ3) is 6.36. The Bertz CT molecular complexity index is 1170. The van der Waals surface area contributed by atoms with E-state index in [4.69, 9.17) is 0 Å². The average molecular weight is 514 g/mol. The molecule has 1 N–H and O–H groups in total. The van der Waals surface area contributed by atoms with Crippen molar-refractivity contribution in [1.29, 1.82) is 0 Å². The molecule has 3 aromatic rings. The van der Waals surface area contributed by atoms with E-state index in [9.17, 15) is 44.3 Å². The number of amides is 1. The minimum absolute atomic E-state index is 0.125. The van der Waals surface area contributed by atoms with Crippen molar-refractivity contribution in [2.24, 2.45) is 0 Å². The first-order valence-corrected chi connectivity index (χ1v) is 9.13. The molecule has 0 aliphatic carbocycles. The number of nitrogens with one attached hydrogen (secondary N) is 1. The van der Waals surface area contributed by atoms with Crippen LogP contribution in [0.3, 0.4) is 0 Å². The molecule has 0 radical (unpaired) electrons. The van der Waals surface area contributed by atoms with Crippen molar-refractivity contribution >= 4 is 5.91 Å². The van der Waals surface area contributed by atoms with Crippen LogP contribution < -0.4 is 10.1 Å². The summed E-state index contributed by atoms with van der Waals surface area (Å²) < 4.78 is 120. The van der Waals surface area contributed by atoms with Crippen molar-refractivity contribution < 1.29 is 49.0 Å². The predicted molar refractivity (Wildman–Crippen MR) is 96.0 cm³/mol. The first-order valence-electron chi connectivity index (χ1n) is 9.13.